The maximum absolute atomic E-state index is 12.3. The molecule has 0 spiro atoms. The summed E-state index contributed by atoms with van der Waals surface area (Å²) in [5.41, 5.74) is 5.77. The third-order valence-electron chi connectivity index (χ3n) is 3.11. The smallest absolute Gasteiger partial charge is 0.226 e. The van der Waals surface area contributed by atoms with E-state index in [4.69, 9.17) is 5.73 Å². The Bertz CT molecular complexity index is 310. The highest BCUT2D eigenvalue weighted by molar-refractivity contribution is 5.81. The molecule has 0 aromatic carbocycles. The Morgan fingerprint density at radius 2 is 1.84 bits per heavy atom. The van der Waals surface area contributed by atoms with E-state index in [2.05, 4.69) is 26.1 Å². The minimum absolute atomic E-state index is 0.0215. The van der Waals surface area contributed by atoms with Crippen LogP contribution in [-0.2, 0) is 9.59 Å². The first kappa shape index (κ1) is 17.9. The Hall–Kier alpha value is -1.10. The predicted octanol–water partition coefficient (Wildman–Crippen LogP) is 0.838. The lowest BCUT2D eigenvalue weighted by Gasteiger charge is -2.29. The van der Waals surface area contributed by atoms with E-state index in [1.54, 1.807) is 19.0 Å². The van der Waals surface area contributed by atoms with Crippen LogP contribution >= 0.6 is 0 Å². The van der Waals surface area contributed by atoms with Crippen LogP contribution in [0.1, 0.15) is 34.1 Å². The SMILES string of the molecule is CNC(=O)C(C)CN(C)C(=O)C(CN)CC(C)(C)C. The van der Waals surface area contributed by atoms with Gasteiger partial charge in [0, 0.05) is 27.2 Å². The van der Waals surface area contributed by atoms with E-state index in [1.807, 2.05) is 6.92 Å². The predicted molar refractivity (Wildman–Crippen MR) is 77.5 cm³/mol. The largest absolute Gasteiger partial charge is 0.359 e. The van der Waals surface area contributed by atoms with Crippen molar-refractivity contribution < 1.29 is 9.59 Å². The minimum atomic E-state index is -0.216. The lowest BCUT2D eigenvalue weighted by molar-refractivity contribution is -0.136. The van der Waals surface area contributed by atoms with Crippen LogP contribution in [0.25, 0.3) is 0 Å². The molecule has 19 heavy (non-hydrogen) atoms. The second-order valence-corrected chi connectivity index (χ2v) is 6.43. The number of rotatable bonds is 6. The van der Waals surface area contributed by atoms with Crippen molar-refractivity contribution in [3.63, 3.8) is 0 Å². The summed E-state index contributed by atoms with van der Waals surface area (Å²) < 4.78 is 0. The number of nitrogens with zero attached hydrogens (tertiary/aromatic N) is 1. The van der Waals surface area contributed by atoms with Crippen LogP contribution in [0.2, 0.25) is 0 Å². The molecule has 0 aliphatic rings. The van der Waals surface area contributed by atoms with Crippen LogP contribution < -0.4 is 11.1 Å². The minimum Gasteiger partial charge on any atom is -0.359 e. The molecule has 0 saturated heterocycles. The molecule has 2 unspecified atom stereocenters. The highest BCUT2D eigenvalue weighted by atomic mass is 16.2. The molecule has 0 aliphatic heterocycles. The summed E-state index contributed by atoms with van der Waals surface area (Å²) in [6.45, 7) is 8.85. The van der Waals surface area contributed by atoms with Gasteiger partial charge < -0.3 is 16.0 Å². The molecule has 3 N–H and O–H groups in total. The van der Waals surface area contributed by atoms with Crippen LogP contribution in [0.4, 0.5) is 0 Å². The van der Waals surface area contributed by atoms with E-state index in [1.165, 1.54) is 0 Å². The van der Waals surface area contributed by atoms with Gasteiger partial charge in [0.25, 0.3) is 0 Å². The molecule has 5 heteroatoms. The quantitative estimate of drug-likeness (QED) is 0.751. The standard InChI is InChI=1S/C14H29N3O2/c1-10(12(18)16-5)9-17(6)13(19)11(8-15)7-14(2,3)4/h10-11H,7-9,15H2,1-6H3,(H,16,18). The van der Waals surface area contributed by atoms with Gasteiger partial charge in [-0.3, -0.25) is 9.59 Å². The van der Waals surface area contributed by atoms with Crippen LogP contribution in [-0.4, -0.2) is 43.9 Å². The fourth-order valence-corrected chi connectivity index (χ4v) is 2.15. The lowest BCUT2D eigenvalue weighted by atomic mass is 9.84. The van der Waals surface area contributed by atoms with Gasteiger partial charge in [-0.25, -0.2) is 0 Å². The normalized spacial score (nSPS) is 14.7. The first-order valence-corrected chi connectivity index (χ1v) is 6.79. The van der Waals surface area contributed by atoms with Gasteiger partial charge in [-0.05, 0) is 11.8 Å². The highest BCUT2D eigenvalue weighted by Crippen LogP contribution is 2.25. The molecule has 2 atom stereocenters. The van der Waals surface area contributed by atoms with Crippen molar-refractivity contribution >= 4 is 11.8 Å². The molecular weight excluding hydrogens is 242 g/mol. The van der Waals surface area contributed by atoms with Gasteiger partial charge in [-0.1, -0.05) is 27.7 Å². The summed E-state index contributed by atoms with van der Waals surface area (Å²) in [4.78, 5) is 25.4. The van der Waals surface area contributed by atoms with Gasteiger partial charge in [-0.15, -0.1) is 0 Å². The van der Waals surface area contributed by atoms with Crippen molar-refractivity contribution in [1.29, 1.82) is 0 Å². The highest BCUT2D eigenvalue weighted by Gasteiger charge is 2.27. The van der Waals surface area contributed by atoms with Gasteiger partial charge in [0.1, 0.15) is 0 Å². The maximum Gasteiger partial charge on any atom is 0.226 e. The molecule has 5 nitrogen and oxygen atoms in total. The van der Waals surface area contributed by atoms with Crippen molar-refractivity contribution in [2.24, 2.45) is 23.0 Å². The zero-order valence-electron chi connectivity index (χ0n) is 13.1. The van der Waals surface area contributed by atoms with E-state index in [0.717, 1.165) is 6.42 Å². The van der Waals surface area contributed by atoms with Crippen molar-refractivity contribution in [2.45, 2.75) is 34.1 Å². The van der Waals surface area contributed by atoms with Crippen molar-refractivity contribution in [1.82, 2.24) is 10.2 Å². The number of nitrogens with one attached hydrogen (secondary N) is 1. The third-order valence-corrected chi connectivity index (χ3v) is 3.11. The summed E-state index contributed by atoms with van der Waals surface area (Å²) in [5, 5.41) is 2.59. The number of nitrogens with two attached hydrogens (primary N) is 1. The fourth-order valence-electron chi connectivity index (χ4n) is 2.15. The fraction of sp³-hybridized carbons (Fsp3) is 0.857. The zero-order chi connectivity index (χ0) is 15.2. The van der Waals surface area contributed by atoms with Gasteiger partial charge in [0.2, 0.25) is 11.8 Å². The maximum atomic E-state index is 12.3. The van der Waals surface area contributed by atoms with Crippen LogP contribution in [0.3, 0.4) is 0 Å². The Morgan fingerprint density at radius 3 is 2.21 bits per heavy atom. The Morgan fingerprint density at radius 1 is 1.32 bits per heavy atom. The summed E-state index contributed by atoms with van der Waals surface area (Å²) in [6, 6.07) is 0. The summed E-state index contributed by atoms with van der Waals surface area (Å²) in [7, 11) is 3.33. The zero-order valence-corrected chi connectivity index (χ0v) is 13.1. The van der Waals surface area contributed by atoms with E-state index >= 15 is 0 Å². The van der Waals surface area contributed by atoms with Gasteiger partial charge >= 0.3 is 0 Å². The average molecular weight is 271 g/mol. The lowest BCUT2D eigenvalue weighted by Crippen LogP contribution is -2.42. The molecule has 2 amide bonds. The summed E-state index contributed by atoms with van der Waals surface area (Å²) in [6.07, 6.45) is 0.751. The van der Waals surface area contributed by atoms with E-state index < -0.39 is 0 Å². The van der Waals surface area contributed by atoms with Gasteiger partial charge in [0.05, 0.1) is 11.8 Å². The molecule has 0 aromatic rings. The summed E-state index contributed by atoms with van der Waals surface area (Å²) >= 11 is 0. The Labute approximate surface area is 116 Å². The monoisotopic (exact) mass is 271 g/mol. The molecule has 0 aliphatic carbocycles. The topological polar surface area (TPSA) is 75.4 Å². The van der Waals surface area contributed by atoms with Crippen LogP contribution in [0.15, 0.2) is 0 Å². The average Bonchev–Trinajstić information content (AvgIpc) is 2.32. The Kier molecular flexibility index (Phi) is 7.05. The second-order valence-electron chi connectivity index (χ2n) is 6.43. The molecule has 0 aromatic heterocycles. The molecular formula is C14H29N3O2. The van der Waals surface area contributed by atoms with Crippen LogP contribution in [0.5, 0.6) is 0 Å². The van der Waals surface area contributed by atoms with E-state index in [9.17, 15) is 9.59 Å². The summed E-state index contributed by atoms with van der Waals surface area (Å²) in [5.74, 6) is -0.429. The first-order valence-electron chi connectivity index (χ1n) is 6.79. The number of hydrogen-bond acceptors (Lipinski definition) is 3. The van der Waals surface area contributed by atoms with E-state index in [-0.39, 0.29) is 29.1 Å². The van der Waals surface area contributed by atoms with Crippen molar-refractivity contribution in [3.05, 3.63) is 0 Å². The molecule has 0 heterocycles. The third kappa shape index (κ3) is 6.57. The van der Waals surface area contributed by atoms with Crippen LogP contribution in [0, 0.1) is 17.3 Å². The number of carbonyl (C=O) groups excluding carboxylic acids is 2. The van der Waals surface area contributed by atoms with Crippen molar-refractivity contribution in [2.75, 3.05) is 27.2 Å². The molecule has 0 bridgehead atoms. The molecule has 0 saturated carbocycles. The molecule has 112 valence electrons. The van der Waals surface area contributed by atoms with Gasteiger partial charge in [-0.2, -0.15) is 0 Å². The van der Waals surface area contributed by atoms with Crippen molar-refractivity contribution in [3.8, 4) is 0 Å². The first-order chi connectivity index (χ1) is 8.62. The van der Waals surface area contributed by atoms with E-state index in [0.29, 0.717) is 13.1 Å². The molecule has 0 rings (SSSR count). The number of amides is 2. The van der Waals surface area contributed by atoms with Gasteiger partial charge in [0.15, 0.2) is 0 Å². The number of carbonyl (C=O) groups is 2. The molecule has 0 fully saturated rings. The Balaban J connectivity index is 4.56. The second kappa shape index (κ2) is 7.48. The number of hydrogen-bond donors (Lipinski definition) is 2. The molecule has 0 radical (unpaired) electrons.